The van der Waals surface area contributed by atoms with Gasteiger partial charge in [0.2, 0.25) is 5.91 Å². The Balaban J connectivity index is 1.51. The maximum absolute atomic E-state index is 13.3. The summed E-state index contributed by atoms with van der Waals surface area (Å²) in [6.45, 7) is 5.96. The van der Waals surface area contributed by atoms with E-state index in [0.717, 1.165) is 48.3 Å². The number of anilines is 1. The molecule has 0 bridgehead atoms. The van der Waals surface area contributed by atoms with Crippen LogP contribution in [0.25, 0.3) is 11.1 Å². The summed E-state index contributed by atoms with van der Waals surface area (Å²) in [5.74, 6) is 1.28. The van der Waals surface area contributed by atoms with Gasteiger partial charge in [-0.05, 0) is 56.7 Å². The Morgan fingerprint density at radius 2 is 1.91 bits per heavy atom. The van der Waals surface area contributed by atoms with Gasteiger partial charge in [0.1, 0.15) is 23.3 Å². The van der Waals surface area contributed by atoms with Gasteiger partial charge < -0.3 is 15.2 Å². The van der Waals surface area contributed by atoms with Gasteiger partial charge in [-0.1, -0.05) is 24.9 Å². The summed E-state index contributed by atoms with van der Waals surface area (Å²) in [6.07, 6.45) is 7.12. The maximum atomic E-state index is 13.3. The zero-order valence-electron chi connectivity index (χ0n) is 19.5. The molecule has 33 heavy (non-hydrogen) atoms. The van der Waals surface area contributed by atoms with Crippen LogP contribution in [0, 0.1) is 25.7 Å². The zero-order valence-corrected chi connectivity index (χ0v) is 19.5. The first-order valence-corrected chi connectivity index (χ1v) is 11.3. The van der Waals surface area contributed by atoms with Gasteiger partial charge in [0.05, 0.1) is 5.69 Å². The van der Waals surface area contributed by atoms with Gasteiger partial charge in [0.25, 0.3) is 5.91 Å². The molecule has 2 N–H and O–H groups in total. The Bertz CT molecular complexity index is 1110. The molecule has 1 atom stereocenters. The summed E-state index contributed by atoms with van der Waals surface area (Å²) in [5.41, 5.74) is 2.97. The van der Waals surface area contributed by atoms with E-state index in [4.69, 9.17) is 4.52 Å². The van der Waals surface area contributed by atoms with Crippen LogP contribution in [-0.2, 0) is 11.8 Å². The first-order valence-electron chi connectivity index (χ1n) is 11.3. The largest absolute Gasteiger partial charge is 0.361 e. The molecule has 3 aromatic heterocycles. The van der Waals surface area contributed by atoms with E-state index >= 15 is 0 Å². The fourth-order valence-electron chi connectivity index (χ4n) is 4.54. The van der Waals surface area contributed by atoms with Crippen LogP contribution in [0.15, 0.2) is 35.1 Å². The number of rotatable bonds is 6. The van der Waals surface area contributed by atoms with Crippen molar-refractivity contribution in [3.8, 4) is 11.1 Å². The SMILES string of the molecule is Cc1noc(C)c1-c1ccc(NC(=O)[C@@H](NC(=O)c2ccnn2C)[C@H]2CC[C@H](C)CC2)nc1. The van der Waals surface area contributed by atoms with Crippen molar-refractivity contribution in [1.29, 1.82) is 0 Å². The van der Waals surface area contributed by atoms with E-state index in [1.807, 2.05) is 19.9 Å². The normalized spacial score (nSPS) is 19.2. The average Bonchev–Trinajstić information content (AvgIpc) is 3.38. The molecule has 3 aromatic rings. The number of pyridine rings is 1. The maximum Gasteiger partial charge on any atom is 0.270 e. The van der Waals surface area contributed by atoms with Crippen LogP contribution in [0.1, 0.15) is 54.5 Å². The summed E-state index contributed by atoms with van der Waals surface area (Å²) < 4.78 is 6.73. The van der Waals surface area contributed by atoms with E-state index in [9.17, 15) is 9.59 Å². The molecule has 4 rings (SSSR count). The number of hydrogen-bond donors (Lipinski definition) is 2. The van der Waals surface area contributed by atoms with E-state index < -0.39 is 6.04 Å². The van der Waals surface area contributed by atoms with Gasteiger partial charge in [-0.15, -0.1) is 0 Å². The van der Waals surface area contributed by atoms with Crippen molar-refractivity contribution >= 4 is 17.6 Å². The zero-order chi connectivity index (χ0) is 23.5. The number of aryl methyl sites for hydroxylation is 3. The second kappa shape index (κ2) is 9.56. The van der Waals surface area contributed by atoms with E-state index in [1.54, 1.807) is 31.6 Å². The van der Waals surface area contributed by atoms with Crippen molar-refractivity contribution in [2.75, 3.05) is 5.32 Å². The monoisotopic (exact) mass is 450 g/mol. The third-order valence-corrected chi connectivity index (χ3v) is 6.49. The third-order valence-electron chi connectivity index (χ3n) is 6.49. The molecule has 2 amide bonds. The lowest BCUT2D eigenvalue weighted by atomic mass is 9.79. The lowest BCUT2D eigenvalue weighted by Gasteiger charge is -2.32. The topological polar surface area (TPSA) is 115 Å². The van der Waals surface area contributed by atoms with Gasteiger partial charge in [-0.2, -0.15) is 5.10 Å². The molecule has 0 aliphatic heterocycles. The Hall–Kier alpha value is -3.49. The fraction of sp³-hybridized carbons (Fsp3) is 0.458. The number of nitrogens with one attached hydrogen (secondary N) is 2. The lowest BCUT2D eigenvalue weighted by Crippen LogP contribution is -2.49. The Morgan fingerprint density at radius 3 is 2.48 bits per heavy atom. The highest BCUT2D eigenvalue weighted by Gasteiger charge is 2.33. The van der Waals surface area contributed by atoms with Gasteiger partial charge in [0.15, 0.2) is 0 Å². The number of carbonyl (C=O) groups is 2. The second-order valence-corrected chi connectivity index (χ2v) is 8.93. The molecule has 1 saturated carbocycles. The quantitative estimate of drug-likeness (QED) is 0.592. The van der Waals surface area contributed by atoms with Crippen LogP contribution < -0.4 is 10.6 Å². The third kappa shape index (κ3) is 4.97. The minimum Gasteiger partial charge on any atom is -0.361 e. The van der Waals surface area contributed by atoms with Crippen molar-refractivity contribution in [2.45, 2.75) is 52.5 Å². The molecule has 0 saturated heterocycles. The van der Waals surface area contributed by atoms with Crippen LogP contribution in [-0.4, -0.2) is 37.8 Å². The molecular weight excluding hydrogens is 420 g/mol. The van der Waals surface area contributed by atoms with Crippen LogP contribution in [0.4, 0.5) is 5.82 Å². The molecule has 9 nitrogen and oxygen atoms in total. The minimum atomic E-state index is -0.649. The molecule has 3 heterocycles. The highest BCUT2D eigenvalue weighted by molar-refractivity contribution is 6.00. The number of nitrogens with zero attached hydrogens (tertiary/aromatic N) is 4. The van der Waals surface area contributed by atoms with E-state index in [0.29, 0.717) is 17.4 Å². The first kappa shape index (κ1) is 22.7. The average molecular weight is 451 g/mol. The molecule has 1 aliphatic carbocycles. The molecular formula is C24H30N6O3. The van der Waals surface area contributed by atoms with Crippen molar-refractivity contribution in [1.82, 2.24) is 25.2 Å². The molecule has 0 spiro atoms. The standard InChI is InChI=1S/C24H30N6O3/c1-14-5-7-17(8-6-14)22(28-23(31)19-11-12-26-30(19)4)24(32)27-20-10-9-18(13-25-20)21-15(2)29-33-16(21)3/h9-14,17,22H,5-8H2,1-4H3,(H,28,31)(H,25,27,32)/t14-,17-,22-/m0/s1. The molecule has 9 heteroatoms. The highest BCUT2D eigenvalue weighted by atomic mass is 16.5. The second-order valence-electron chi connectivity index (χ2n) is 8.93. The summed E-state index contributed by atoms with van der Waals surface area (Å²) in [4.78, 5) is 30.6. The van der Waals surface area contributed by atoms with Gasteiger partial charge in [-0.3, -0.25) is 14.3 Å². The highest BCUT2D eigenvalue weighted by Crippen LogP contribution is 2.31. The van der Waals surface area contributed by atoms with Crippen molar-refractivity contribution in [3.05, 3.63) is 47.7 Å². The number of carbonyl (C=O) groups excluding carboxylic acids is 2. The minimum absolute atomic E-state index is 0.0694. The summed E-state index contributed by atoms with van der Waals surface area (Å²) >= 11 is 0. The van der Waals surface area contributed by atoms with E-state index in [2.05, 4.69) is 32.8 Å². The van der Waals surface area contributed by atoms with Crippen molar-refractivity contribution in [2.24, 2.45) is 18.9 Å². The van der Waals surface area contributed by atoms with E-state index in [1.165, 1.54) is 4.68 Å². The predicted molar refractivity (Wildman–Crippen MR) is 123 cm³/mol. The van der Waals surface area contributed by atoms with Crippen LogP contribution >= 0.6 is 0 Å². The molecule has 174 valence electrons. The molecule has 0 unspecified atom stereocenters. The van der Waals surface area contributed by atoms with Gasteiger partial charge in [0, 0.05) is 30.6 Å². The van der Waals surface area contributed by atoms with E-state index in [-0.39, 0.29) is 17.7 Å². The lowest BCUT2D eigenvalue weighted by molar-refractivity contribution is -0.119. The van der Waals surface area contributed by atoms with Crippen LogP contribution in [0.3, 0.4) is 0 Å². The summed E-state index contributed by atoms with van der Waals surface area (Å²) in [5, 5.41) is 13.9. The molecule has 0 aromatic carbocycles. The number of amides is 2. The Labute approximate surface area is 192 Å². The molecule has 1 fully saturated rings. The Morgan fingerprint density at radius 1 is 1.15 bits per heavy atom. The predicted octanol–water partition coefficient (Wildman–Crippen LogP) is 3.65. The number of hydrogen-bond acceptors (Lipinski definition) is 6. The summed E-state index contributed by atoms with van der Waals surface area (Å²) in [6, 6.07) is 4.62. The summed E-state index contributed by atoms with van der Waals surface area (Å²) in [7, 11) is 1.71. The number of aromatic nitrogens is 4. The molecule has 0 radical (unpaired) electrons. The van der Waals surface area contributed by atoms with Gasteiger partial charge >= 0.3 is 0 Å². The molecule has 1 aliphatic rings. The van der Waals surface area contributed by atoms with Gasteiger partial charge in [-0.25, -0.2) is 4.98 Å². The fourth-order valence-corrected chi connectivity index (χ4v) is 4.54. The van der Waals surface area contributed by atoms with Crippen molar-refractivity contribution < 1.29 is 14.1 Å². The van der Waals surface area contributed by atoms with Crippen molar-refractivity contribution in [3.63, 3.8) is 0 Å². The smallest absolute Gasteiger partial charge is 0.270 e. The Kier molecular flexibility index (Phi) is 6.57. The van der Waals surface area contributed by atoms with Crippen LogP contribution in [0.2, 0.25) is 0 Å². The van der Waals surface area contributed by atoms with Crippen LogP contribution in [0.5, 0.6) is 0 Å². The first-order chi connectivity index (χ1) is 15.8.